The lowest BCUT2D eigenvalue weighted by Gasteiger charge is -2.44. The molecule has 130 valence electrons. The summed E-state index contributed by atoms with van der Waals surface area (Å²) in [5.41, 5.74) is -0.00961. The molecule has 2 aliphatic rings. The number of nitrogens with zero attached hydrogens (tertiary/aromatic N) is 2. The van der Waals surface area contributed by atoms with Gasteiger partial charge in [0.1, 0.15) is 0 Å². The first-order valence-electron chi connectivity index (χ1n) is 8.38. The van der Waals surface area contributed by atoms with Crippen molar-refractivity contribution in [3.05, 3.63) is 28.5 Å². The number of ether oxygens (including phenoxy) is 1. The lowest BCUT2D eigenvalue weighted by molar-refractivity contribution is -0.127. The summed E-state index contributed by atoms with van der Waals surface area (Å²) in [4.78, 5) is 29.1. The van der Waals surface area contributed by atoms with Crippen molar-refractivity contribution in [2.45, 2.75) is 32.7 Å². The van der Waals surface area contributed by atoms with Crippen LogP contribution in [0.4, 0.5) is 4.79 Å². The average Bonchev–Trinajstić information content (AvgIpc) is 3.08. The number of carbonyl (C=O) groups excluding carboxylic acids is 2. The molecule has 1 aromatic rings. The quantitative estimate of drug-likeness (QED) is 0.788. The largest absolute Gasteiger partial charge is 0.449 e. The predicted octanol–water partition coefficient (Wildman–Crippen LogP) is 3.23. The first-order valence-corrected chi connectivity index (χ1v) is 9.26. The van der Waals surface area contributed by atoms with Gasteiger partial charge in [0.25, 0.3) is 0 Å². The molecule has 0 N–H and O–H groups in total. The van der Waals surface area contributed by atoms with E-state index in [9.17, 15) is 9.59 Å². The minimum absolute atomic E-state index is 0.00961. The Morgan fingerprint density at radius 2 is 2.12 bits per heavy atom. The SMILES string of the molecule is CC1(C)COC(=O)N(C2CCN(C(=O)C=Cc3cccs3)CC2)C1. The maximum absolute atomic E-state index is 12.3. The fourth-order valence-electron chi connectivity index (χ4n) is 3.23. The Hall–Kier alpha value is -1.82. The van der Waals surface area contributed by atoms with Crippen molar-refractivity contribution < 1.29 is 14.3 Å². The molecule has 6 heteroatoms. The van der Waals surface area contributed by atoms with Gasteiger partial charge < -0.3 is 14.5 Å². The lowest BCUT2D eigenvalue weighted by atomic mass is 9.91. The molecule has 0 atom stereocenters. The van der Waals surface area contributed by atoms with Gasteiger partial charge in [-0.25, -0.2) is 4.79 Å². The molecule has 0 radical (unpaired) electrons. The zero-order valence-electron chi connectivity index (χ0n) is 14.2. The number of hydrogen-bond donors (Lipinski definition) is 0. The number of carbonyl (C=O) groups is 2. The second-order valence-electron chi connectivity index (χ2n) is 7.25. The number of rotatable bonds is 3. The maximum atomic E-state index is 12.3. The molecule has 2 aliphatic heterocycles. The number of thiophene rings is 1. The lowest BCUT2D eigenvalue weighted by Crippen LogP contribution is -2.55. The third-order valence-electron chi connectivity index (χ3n) is 4.57. The number of cyclic esters (lactones) is 1. The Balaban J connectivity index is 1.53. The Morgan fingerprint density at radius 1 is 1.38 bits per heavy atom. The van der Waals surface area contributed by atoms with Gasteiger partial charge in [-0.2, -0.15) is 0 Å². The van der Waals surface area contributed by atoms with Crippen molar-refractivity contribution in [2.75, 3.05) is 26.2 Å². The van der Waals surface area contributed by atoms with Crippen LogP contribution in [0.2, 0.25) is 0 Å². The molecule has 2 fully saturated rings. The zero-order valence-corrected chi connectivity index (χ0v) is 15.1. The summed E-state index contributed by atoms with van der Waals surface area (Å²) < 4.78 is 5.31. The first-order chi connectivity index (χ1) is 11.4. The number of likely N-dealkylation sites (tertiary alicyclic amines) is 1. The summed E-state index contributed by atoms with van der Waals surface area (Å²) >= 11 is 1.62. The number of amides is 2. The van der Waals surface area contributed by atoms with E-state index in [1.165, 1.54) is 0 Å². The molecule has 0 spiro atoms. The van der Waals surface area contributed by atoms with Crippen molar-refractivity contribution in [3.8, 4) is 0 Å². The Bertz CT molecular complexity index is 616. The molecule has 3 heterocycles. The van der Waals surface area contributed by atoms with Gasteiger partial charge in [-0.15, -0.1) is 11.3 Å². The molecule has 0 unspecified atom stereocenters. The van der Waals surface area contributed by atoms with E-state index < -0.39 is 0 Å². The van der Waals surface area contributed by atoms with Gasteiger partial charge in [0.05, 0.1) is 6.61 Å². The molecule has 5 nitrogen and oxygen atoms in total. The Labute approximate surface area is 146 Å². The van der Waals surface area contributed by atoms with Crippen LogP contribution in [0.25, 0.3) is 6.08 Å². The summed E-state index contributed by atoms with van der Waals surface area (Å²) in [6.45, 7) is 6.79. The van der Waals surface area contributed by atoms with Gasteiger partial charge in [-0.3, -0.25) is 4.79 Å². The van der Waals surface area contributed by atoms with Gasteiger partial charge >= 0.3 is 6.09 Å². The average molecular weight is 348 g/mol. The Morgan fingerprint density at radius 3 is 2.79 bits per heavy atom. The van der Waals surface area contributed by atoms with E-state index in [4.69, 9.17) is 4.74 Å². The summed E-state index contributed by atoms with van der Waals surface area (Å²) in [6, 6.07) is 4.13. The van der Waals surface area contributed by atoms with Gasteiger partial charge in [-0.1, -0.05) is 19.9 Å². The zero-order chi connectivity index (χ0) is 17.2. The summed E-state index contributed by atoms with van der Waals surface area (Å²) in [5, 5.41) is 1.99. The van der Waals surface area contributed by atoms with Crippen LogP contribution in [0.15, 0.2) is 23.6 Å². The number of hydrogen-bond acceptors (Lipinski definition) is 4. The maximum Gasteiger partial charge on any atom is 0.410 e. The molecule has 24 heavy (non-hydrogen) atoms. The van der Waals surface area contributed by atoms with Crippen LogP contribution in [0.3, 0.4) is 0 Å². The highest BCUT2D eigenvalue weighted by Crippen LogP contribution is 2.28. The van der Waals surface area contributed by atoms with E-state index in [1.807, 2.05) is 33.4 Å². The summed E-state index contributed by atoms with van der Waals surface area (Å²) in [6.07, 6.45) is 4.92. The van der Waals surface area contributed by atoms with Gasteiger partial charge in [-0.05, 0) is 30.4 Å². The monoisotopic (exact) mass is 348 g/mol. The minimum Gasteiger partial charge on any atom is -0.449 e. The third kappa shape index (κ3) is 3.98. The highest BCUT2D eigenvalue weighted by molar-refractivity contribution is 7.10. The fourth-order valence-corrected chi connectivity index (χ4v) is 3.85. The van der Waals surface area contributed by atoms with Gasteiger partial charge in [0.15, 0.2) is 0 Å². The molecule has 2 saturated heterocycles. The van der Waals surface area contributed by atoms with Crippen molar-refractivity contribution in [2.24, 2.45) is 5.41 Å². The van der Waals surface area contributed by atoms with E-state index in [2.05, 4.69) is 13.8 Å². The third-order valence-corrected chi connectivity index (χ3v) is 5.41. The predicted molar refractivity (Wildman–Crippen MR) is 94.8 cm³/mol. The topological polar surface area (TPSA) is 49.9 Å². The van der Waals surface area contributed by atoms with E-state index in [0.717, 1.165) is 24.3 Å². The van der Waals surface area contributed by atoms with Crippen molar-refractivity contribution in [3.63, 3.8) is 0 Å². The van der Waals surface area contributed by atoms with E-state index in [1.54, 1.807) is 17.4 Å². The fraction of sp³-hybridized carbons (Fsp3) is 0.556. The van der Waals surface area contributed by atoms with E-state index in [0.29, 0.717) is 19.7 Å². The molecule has 0 bridgehead atoms. The van der Waals surface area contributed by atoms with Gasteiger partial charge in [0.2, 0.25) is 5.91 Å². The smallest absolute Gasteiger partial charge is 0.410 e. The van der Waals surface area contributed by atoms with E-state index >= 15 is 0 Å². The van der Waals surface area contributed by atoms with Crippen LogP contribution in [0.5, 0.6) is 0 Å². The number of piperidine rings is 1. The molecule has 2 amide bonds. The van der Waals surface area contributed by atoms with Gasteiger partial charge in [0, 0.05) is 42.0 Å². The molecule has 0 aromatic carbocycles. The second kappa shape index (κ2) is 6.97. The van der Waals surface area contributed by atoms with Crippen LogP contribution in [-0.2, 0) is 9.53 Å². The standard InChI is InChI=1S/C18H24N2O3S/c1-18(2)12-20(17(22)23-13-18)14-7-9-19(10-8-14)16(21)6-5-15-4-3-11-24-15/h3-6,11,14H,7-10,12-13H2,1-2H3. The molecular weight excluding hydrogens is 324 g/mol. The van der Waals surface area contributed by atoms with Crippen LogP contribution < -0.4 is 0 Å². The molecule has 0 aliphatic carbocycles. The van der Waals surface area contributed by atoms with Crippen LogP contribution in [0.1, 0.15) is 31.6 Å². The van der Waals surface area contributed by atoms with Crippen LogP contribution in [-0.4, -0.2) is 54.1 Å². The molecular formula is C18H24N2O3S. The normalized spacial score (nSPS) is 22.0. The van der Waals surface area contributed by atoms with E-state index in [-0.39, 0.29) is 23.5 Å². The highest BCUT2D eigenvalue weighted by atomic mass is 32.1. The summed E-state index contributed by atoms with van der Waals surface area (Å²) in [5.74, 6) is 0.0448. The summed E-state index contributed by atoms with van der Waals surface area (Å²) in [7, 11) is 0. The molecule has 1 aromatic heterocycles. The Kier molecular flexibility index (Phi) is 4.94. The highest BCUT2D eigenvalue weighted by Gasteiger charge is 2.38. The molecule has 0 saturated carbocycles. The second-order valence-corrected chi connectivity index (χ2v) is 8.23. The first kappa shape index (κ1) is 17.0. The van der Waals surface area contributed by atoms with Crippen molar-refractivity contribution in [1.82, 2.24) is 9.80 Å². The van der Waals surface area contributed by atoms with Crippen molar-refractivity contribution in [1.29, 1.82) is 0 Å². The van der Waals surface area contributed by atoms with Crippen molar-refractivity contribution >= 4 is 29.4 Å². The van der Waals surface area contributed by atoms with Crippen LogP contribution in [0, 0.1) is 5.41 Å². The molecule has 3 rings (SSSR count). The minimum atomic E-state index is -0.211. The van der Waals surface area contributed by atoms with Crippen LogP contribution >= 0.6 is 11.3 Å².